The molecule has 0 unspecified atom stereocenters. The van der Waals surface area contributed by atoms with Crippen LogP contribution in [0.5, 0.6) is 11.5 Å². The van der Waals surface area contributed by atoms with E-state index in [1.54, 1.807) is 47.4 Å². The maximum atomic E-state index is 12.9. The van der Waals surface area contributed by atoms with Gasteiger partial charge >= 0.3 is 0 Å². The Morgan fingerprint density at radius 3 is 2.62 bits per heavy atom. The Morgan fingerprint density at radius 1 is 1.19 bits per heavy atom. The normalized spacial score (nSPS) is 16.5. The number of halogens is 2. The van der Waals surface area contributed by atoms with Gasteiger partial charge in [0.1, 0.15) is 6.54 Å². The molecular formula is C25H23BrClN3O6S. The van der Waals surface area contributed by atoms with Crippen molar-refractivity contribution in [3.63, 3.8) is 0 Å². The molecule has 4 rings (SSSR count). The molecule has 2 heterocycles. The molecule has 0 spiro atoms. The zero-order chi connectivity index (χ0) is 26.5. The first-order chi connectivity index (χ1) is 17.8. The molecule has 0 atom stereocenters. The van der Waals surface area contributed by atoms with E-state index in [0.717, 1.165) is 29.5 Å². The lowest BCUT2D eigenvalue weighted by atomic mass is 10.2. The average molecular weight is 609 g/mol. The van der Waals surface area contributed by atoms with E-state index in [0.29, 0.717) is 45.3 Å². The molecule has 2 aliphatic rings. The zero-order valence-corrected chi connectivity index (χ0v) is 23.0. The number of nitrogens with one attached hydrogen (secondary N) is 1. The van der Waals surface area contributed by atoms with Crippen molar-refractivity contribution in [3.05, 3.63) is 56.4 Å². The highest BCUT2D eigenvalue weighted by Crippen LogP contribution is 2.39. The Hall–Kier alpha value is -3.02. The van der Waals surface area contributed by atoms with Crippen LogP contribution in [0.1, 0.15) is 18.4 Å². The van der Waals surface area contributed by atoms with Crippen molar-refractivity contribution in [2.24, 2.45) is 0 Å². The molecule has 0 radical (unpaired) electrons. The van der Waals surface area contributed by atoms with Crippen LogP contribution in [0.15, 0.2) is 45.8 Å². The highest BCUT2D eigenvalue weighted by Gasteiger charge is 2.37. The van der Waals surface area contributed by atoms with E-state index >= 15 is 0 Å². The van der Waals surface area contributed by atoms with Crippen molar-refractivity contribution in [2.45, 2.75) is 12.8 Å². The van der Waals surface area contributed by atoms with E-state index in [-0.39, 0.29) is 24.0 Å². The van der Waals surface area contributed by atoms with E-state index in [9.17, 15) is 19.2 Å². The molecule has 2 aromatic rings. The number of likely N-dealkylation sites (tertiary alicyclic amines) is 1. The summed E-state index contributed by atoms with van der Waals surface area (Å²) in [5.74, 6) is -0.559. The smallest absolute Gasteiger partial charge is 0.294 e. The number of rotatable bonds is 8. The number of benzene rings is 2. The van der Waals surface area contributed by atoms with Crippen LogP contribution in [0.3, 0.4) is 0 Å². The maximum Gasteiger partial charge on any atom is 0.294 e. The SMILES string of the molecule is COc1cc(/C=C2\SC(=O)N(CC(=O)N3CCCC3)C2=O)cc(Br)c1OCC(=O)Nc1ccccc1Cl. The summed E-state index contributed by atoms with van der Waals surface area (Å²) in [6.45, 7) is 0.727. The third kappa shape index (κ3) is 6.46. The first-order valence-corrected chi connectivity index (χ1v) is 13.3. The van der Waals surface area contributed by atoms with Crippen molar-refractivity contribution in [1.82, 2.24) is 9.80 Å². The van der Waals surface area contributed by atoms with Crippen LogP contribution in [0.2, 0.25) is 5.02 Å². The second-order valence-corrected chi connectivity index (χ2v) is 10.5. The Bertz CT molecular complexity index is 1280. The van der Waals surface area contributed by atoms with Crippen molar-refractivity contribution in [2.75, 3.05) is 38.7 Å². The second kappa shape index (κ2) is 12.0. The van der Waals surface area contributed by atoms with Gasteiger partial charge in [0.15, 0.2) is 18.1 Å². The molecule has 194 valence electrons. The Morgan fingerprint density at radius 2 is 1.92 bits per heavy atom. The van der Waals surface area contributed by atoms with Gasteiger partial charge in [-0.3, -0.25) is 24.1 Å². The number of para-hydroxylation sites is 1. The predicted molar refractivity (Wildman–Crippen MR) is 145 cm³/mol. The summed E-state index contributed by atoms with van der Waals surface area (Å²) in [7, 11) is 1.44. The highest BCUT2D eigenvalue weighted by molar-refractivity contribution is 9.10. The molecule has 0 aromatic heterocycles. The first kappa shape index (κ1) is 27.0. The molecule has 2 saturated heterocycles. The standard InChI is InChI=1S/C25H23BrClN3O6S/c1-35-19-11-15(10-16(26)23(19)36-14-21(31)28-18-7-3-2-6-17(18)27)12-20-24(33)30(25(34)37-20)13-22(32)29-8-4-5-9-29/h2-3,6-7,10-12H,4-5,8-9,13-14H2,1H3,(H,28,31)/b20-12-. The summed E-state index contributed by atoms with van der Waals surface area (Å²) in [6.07, 6.45) is 3.40. The summed E-state index contributed by atoms with van der Waals surface area (Å²) in [5.41, 5.74) is 1.03. The zero-order valence-electron chi connectivity index (χ0n) is 19.8. The number of methoxy groups -OCH3 is 1. The molecule has 9 nitrogen and oxygen atoms in total. The number of hydrogen-bond acceptors (Lipinski definition) is 7. The number of carbonyl (C=O) groups excluding carboxylic acids is 4. The predicted octanol–water partition coefficient (Wildman–Crippen LogP) is 4.79. The van der Waals surface area contributed by atoms with Crippen molar-refractivity contribution in [3.8, 4) is 11.5 Å². The maximum absolute atomic E-state index is 12.9. The first-order valence-electron chi connectivity index (χ1n) is 11.3. The molecule has 1 N–H and O–H groups in total. The number of imide groups is 1. The fourth-order valence-corrected chi connectivity index (χ4v) is 5.43. The van der Waals surface area contributed by atoms with Crippen LogP contribution >= 0.6 is 39.3 Å². The van der Waals surface area contributed by atoms with Gasteiger partial charge in [-0.25, -0.2) is 0 Å². The molecule has 37 heavy (non-hydrogen) atoms. The molecule has 0 aliphatic carbocycles. The van der Waals surface area contributed by atoms with Gasteiger partial charge in [-0.15, -0.1) is 0 Å². The molecular weight excluding hydrogens is 586 g/mol. The van der Waals surface area contributed by atoms with Gasteiger partial charge < -0.3 is 19.7 Å². The highest BCUT2D eigenvalue weighted by atomic mass is 79.9. The minimum absolute atomic E-state index is 0.195. The number of amides is 4. The number of ether oxygens (including phenoxy) is 2. The van der Waals surface area contributed by atoms with E-state index in [2.05, 4.69) is 21.2 Å². The van der Waals surface area contributed by atoms with Crippen LogP contribution < -0.4 is 14.8 Å². The third-order valence-corrected chi connectivity index (χ3v) is 7.50. The Balaban J connectivity index is 1.44. The lowest BCUT2D eigenvalue weighted by molar-refractivity contribution is -0.135. The molecule has 0 saturated carbocycles. The minimum atomic E-state index is -0.519. The van der Waals surface area contributed by atoms with Crippen LogP contribution in [-0.2, 0) is 14.4 Å². The van der Waals surface area contributed by atoms with Crippen LogP contribution in [-0.4, -0.2) is 66.1 Å². The number of hydrogen-bond donors (Lipinski definition) is 1. The summed E-state index contributed by atoms with van der Waals surface area (Å²) < 4.78 is 11.6. The van der Waals surface area contributed by atoms with E-state index < -0.39 is 17.1 Å². The monoisotopic (exact) mass is 607 g/mol. The number of anilines is 1. The van der Waals surface area contributed by atoms with E-state index in [4.69, 9.17) is 21.1 Å². The van der Waals surface area contributed by atoms with Crippen molar-refractivity contribution < 1.29 is 28.7 Å². The summed E-state index contributed by atoms with van der Waals surface area (Å²) in [5, 5.41) is 2.60. The Labute approximate surface area is 231 Å². The molecule has 12 heteroatoms. The van der Waals surface area contributed by atoms with Gasteiger partial charge in [0.25, 0.3) is 17.1 Å². The molecule has 2 aliphatic heterocycles. The van der Waals surface area contributed by atoms with Gasteiger partial charge in [0.2, 0.25) is 5.91 Å². The van der Waals surface area contributed by atoms with Gasteiger partial charge in [0.05, 0.1) is 27.2 Å². The fraction of sp³-hybridized carbons (Fsp3) is 0.280. The van der Waals surface area contributed by atoms with Crippen molar-refractivity contribution >= 4 is 74.0 Å². The summed E-state index contributed by atoms with van der Waals surface area (Å²) >= 11 is 10.3. The van der Waals surface area contributed by atoms with Crippen LogP contribution in [0.4, 0.5) is 10.5 Å². The van der Waals surface area contributed by atoms with E-state index in [1.165, 1.54) is 7.11 Å². The molecule has 2 aromatic carbocycles. The fourth-order valence-electron chi connectivity index (χ4n) is 3.84. The minimum Gasteiger partial charge on any atom is -0.493 e. The van der Waals surface area contributed by atoms with Gasteiger partial charge in [0, 0.05) is 13.1 Å². The number of nitrogens with zero attached hydrogens (tertiary/aromatic N) is 2. The van der Waals surface area contributed by atoms with Gasteiger partial charge in [-0.05, 0) is 76.4 Å². The van der Waals surface area contributed by atoms with Crippen LogP contribution in [0, 0.1) is 0 Å². The summed E-state index contributed by atoms with van der Waals surface area (Å²) in [6, 6.07) is 10.1. The van der Waals surface area contributed by atoms with Crippen molar-refractivity contribution in [1.29, 1.82) is 0 Å². The largest absolute Gasteiger partial charge is 0.493 e. The third-order valence-electron chi connectivity index (χ3n) is 5.67. The average Bonchev–Trinajstić information content (AvgIpc) is 3.49. The van der Waals surface area contributed by atoms with Crippen LogP contribution in [0.25, 0.3) is 6.08 Å². The van der Waals surface area contributed by atoms with E-state index in [1.807, 2.05) is 0 Å². The quantitative estimate of drug-likeness (QED) is 0.430. The lowest BCUT2D eigenvalue weighted by Gasteiger charge is -2.18. The molecule has 2 fully saturated rings. The van der Waals surface area contributed by atoms with Gasteiger partial charge in [-0.2, -0.15) is 0 Å². The summed E-state index contributed by atoms with van der Waals surface area (Å²) in [4.78, 5) is 52.9. The number of carbonyl (C=O) groups is 4. The van der Waals surface area contributed by atoms with Gasteiger partial charge in [-0.1, -0.05) is 23.7 Å². The molecule has 4 amide bonds. The molecule has 0 bridgehead atoms. The lowest BCUT2D eigenvalue weighted by Crippen LogP contribution is -2.40. The number of thioether (sulfide) groups is 1. The second-order valence-electron chi connectivity index (χ2n) is 8.21. The topological polar surface area (TPSA) is 105 Å². The Kier molecular flexibility index (Phi) is 8.78.